The Morgan fingerprint density at radius 3 is 2.32 bits per heavy atom. The van der Waals surface area contributed by atoms with E-state index in [1.54, 1.807) is 38.1 Å². The molecule has 106 valence electrons. The second kappa shape index (κ2) is 6.68. The van der Waals surface area contributed by atoms with Crippen molar-refractivity contribution < 1.29 is 17.9 Å². The first-order chi connectivity index (χ1) is 8.79. The fourth-order valence-corrected chi connectivity index (χ4v) is 2.10. The number of nitrogens with one attached hydrogen (secondary N) is 1. The van der Waals surface area contributed by atoms with Gasteiger partial charge >= 0.3 is 5.97 Å². The number of carbonyl (C=O) groups is 1. The molecule has 1 aromatic carbocycles. The van der Waals surface area contributed by atoms with E-state index >= 15 is 0 Å². The van der Waals surface area contributed by atoms with Crippen molar-refractivity contribution in [3.63, 3.8) is 0 Å². The number of hydrogen-bond acceptors (Lipinski definition) is 5. The third kappa shape index (κ3) is 5.85. The Hall–Kier alpha value is -1.40. The summed E-state index contributed by atoms with van der Waals surface area (Å²) in [5.41, 5.74) is 0.907. The molecule has 0 saturated heterocycles. The first-order valence-electron chi connectivity index (χ1n) is 5.98. The second-order valence-corrected chi connectivity index (χ2v) is 6.57. The summed E-state index contributed by atoms with van der Waals surface area (Å²) in [6.45, 7) is 4.20. The molecule has 19 heavy (non-hydrogen) atoms. The summed E-state index contributed by atoms with van der Waals surface area (Å²) < 4.78 is 27.5. The van der Waals surface area contributed by atoms with E-state index < -0.39 is 9.84 Å². The minimum Gasteiger partial charge on any atom is -0.462 e. The Kier molecular flexibility index (Phi) is 5.50. The van der Waals surface area contributed by atoms with Crippen LogP contribution in [0.2, 0.25) is 0 Å². The topological polar surface area (TPSA) is 72.5 Å². The Morgan fingerprint density at radius 2 is 1.84 bits per heavy atom. The van der Waals surface area contributed by atoms with E-state index in [2.05, 4.69) is 5.32 Å². The van der Waals surface area contributed by atoms with Gasteiger partial charge in [-0.3, -0.25) is 4.79 Å². The molecule has 0 saturated carbocycles. The molecule has 0 atom stereocenters. The number of sulfone groups is 1. The molecule has 0 unspecified atom stereocenters. The lowest BCUT2D eigenvalue weighted by Crippen LogP contribution is -2.26. The Balaban J connectivity index is 2.45. The van der Waals surface area contributed by atoms with Gasteiger partial charge in [0.1, 0.15) is 0 Å². The highest BCUT2D eigenvalue weighted by Gasteiger charge is 2.07. The molecule has 5 nitrogen and oxygen atoms in total. The van der Waals surface area contributed by atoms with Crippen molar-refractivity contribution in [2.45, 2.75) is 31.4 Å². The molecule has 1 rings (SSSR count). The monoisotopic (exact) mass is 285 g/mol. The summed E-state index contributed by atoms with van der Waals surface area (Å²) in [7, 11) is -3.16. The predicted octanol–water partition coefficient (Wildman–Crippen LogP) is 1.13. The van der Waals surface area contributed by atoms with Crippen LogP contribution in [0.25, 0.3) is 0 Å². The molecule has 0 fully saturated rings. The van der Waals surface area contributed by atoms with Gasteiger partial charge in [-0.15, -0.1) is 0 Å². The number of rotatable bonds is 6. The highest BCUT2D eigenvalue weighted by molar-refractivity contribution is 7.90. The third-order valence-electron chi connectivity index (χ3n) is 2.32. The van der Waals surface area contributed by atoms with Crippen LogP contribution in [0, 0.1) is 0 Å². The molecular weight excluding hydrogens is 266 g/mol. The van der Waals surface area contributed by atoms with Crippen LogP contribution < -0.4 is 5.32 Å². The molecule has 0 radical (unpaired) electrons. The zero-order chi connectivity index (χ0) is 14.5. The Morgan fingerprint density at radius 1 is 1.26 bits per heavy atom. The standard InChI is InChI=1S/C13H19NO4S/c1-10(2)18-13(15)9-14-8-11-4-6-12(7-5-11)19(3,16)17/h4-7,10,14H,8-9H2,1-3H3. The SMILES string of the molecule is CC(C)OC(=O)CNCc1ccc(S(C)(=O)=O)cc1. The van der Waals surface area contributed by atoms with Gasteiger partial charge < -0.3 is 10.1 Å². The number of esters is 1. The van der Waals surface area contributed by atoms with Gasteiger partial charge in [0.25, 0.3) is 0 Å². The molecule has 1 N–H and O–H groups in total. The van der Waals surface area contributed by atoms with Crippen LogP contribution in [0.3, 0.4) is 0 Å². The Labute approximate surface area is 113 Å². The van der Waals surface area contributed by atoms with Crippen molar-refractivity contribution >= 4 is 15.8 Å². The molecule has 0 heterocycles. The van der Waals surface area contributed by atoms with Crippen molar-refractivity contribution in [2.75, 3.05) is 12.8 Å². The minimum absolute atomic E-state index is 0.122. The van der Waals surface area contributed by atoms with Gasteiger partial charge in [-0.1, -0.05) is 12.1 Å². The van der Waals surface area contributed by atoms with E-state index in [0.717, 1.165) is 5.56 Å². The normalized spacial score (nSPS) is 11.6. The van der Waals surface area contributed by atoms with Gasteiger partial charge in [-0.2, -0.15) is 0 Å². The predicted molar refractivity (Wildman–Crippen MR) is 72.5 cm³/mol. The van der Waals surface area contributed by atoms with Crippen LogP contribution in [0.5, 0.6) is 0 Å². The maximum atomic E-state index is 11.3. The Bertz CT molecular complexity index is 520. The van der Waals surface area contributed by atoms with Crippen LogP contribution in [-0.2, 0) is 25.9 Å². The van der Waals surface area contributed by atoms with E-state index in [1.807, 2.05) is 0 Å². The van der Waals surface area contributed by atoms with E-state index in [1.165, 1.54) is 6.26 Å². The maximum absolute atomic E-state index is 11.3. The lowest BCUT2D eigenvalue weighted by Gasteiger charge is -2.09. The van der Waals surface area contributed by atoms with Crippen molar-refractivity contribution in [3.05, 3.63) is 29.8 Å². The average molecular weight is 285 g/mol. The number of carbonyl (C=O) groups excluding carboxylic acids is 1. The van der Waals surface area contributed by atoms with Gasteiger partial charge in [0.05, 0.1) is 17.5 Å². The average Bonchev–Trinajstić information content (AvgIpc) is 2.27. The summed E-state index contributed by atoms with van der Waals surface area (Å²) >= 11 is 0. The summed E-state index contributed by atoms with van der Waals surface area (Å²) in [4.78, 5) is 11.6. The van der Waals surface area contributed by atoms with Gasteiger partial charge in [-0.25, -0.2) is 8.42 Å². The summed E-state index contributed by atoms with van der Waals surface area (Å²) in [5, 5.41) is 2.94. The molecule has 0 aromatic heterocycles. The van der Waals surface area contributed by atoms with E-state index in [0.29, 0.717) is 6.54 Å². The number of benzene rings is 1. The van der Waals surface area contributed by atoms with Crippen molar-refractivity contribution in [3.8, 4) is 0 Å². The minimum atomic E-state index is -3.16. The van der Waals surface area contributed by atoms with Crippen LogP contribution in [0.1, 0.15) is 19.4 Å². The van der Waals surface area contributed by atoms with Gasteiger partial charge in [-0.05, 0) is 31.5 Å². The summed E-state index contributed by atoms with van der Waals surface area (Å²) in [5.74, 6) is -0.303. The zero-order valence-corrected chi connectivity index (χ0v) is 12.2. The largest absolute Gasteiger partial charge is 0.462 e. The molecular formula is C13H19NO4S. The van der Waals surface area contributed by atoms with E-state index in [-0.39, 0.29) is 23.5 Å². The van der Waals surface area contributed by atoms with Crippen LogP contribution in [0.15, 0.2) is 29.2 Å². The molecule has 0 aliphatic rings. The fourth-order valence-electron chi connectivity index (χ4n) is 1.47. The van der Waals surface area contributed by atoms with Gasteiger partial charge in [0.2, 0.25) is 0 Å². The lowest BCUT2D eigenvalue weighted by atomic mass is 10.2. The molecule has 0 amide bonds. The number of hydrogen-bond donors (Lipinski definition) is 1. The summed E-state index contributed by atoms with van der Waals surface area (Å²) in [6, 6.07) is 6.55. The van der Waals surface area contributed by atoms with Crippen molar-refractivity contribution in [1.29, 1.82) is 0 Å². The first-order valence-corrected chi connectivity index (χ1v) is 7.87. The lowest BCUT2D eigenvalue weighted by molar-refractivity contribution is -0.146. The summed E-state index contributed by atoms with van der Waals surface area (Å²) in [6.07, 6.45) is 1.05. The molecule has 0 spiro atoms. The highest BCUT2D eigenvalue weighted by Crippen LogP contribution is 2.09. The van der Waals surface area contributed by atoms with Gasteiger partial charge in [0, 0.05) is 12.8 Å². The van der Waals surface area contributed by atoms with E-state index in [4.69, 9.17) is 4.74 Å². The third-order valence-corrected chi connectivity index (χ3v) is 3.45. The van der Waals surface area contributed by atoms with Crippen molar-refractivity contribution in [1.82, 2.24) is 5.32 Å². The van der Waals surface area contributed by atoms with Crippen molar-refractivity contribution in [2.24, 2.45) is 0 Å². The smallest absolute Gasteiger partial charge is 0.320 e. The maximum Gasteiger partial charge on any atom is 0.320 e. The molecule has 6 heteroatoms. The van der Waals surface area contributed by atoms with Crippen LogP contribution in [-0.4, -0.2) is 33.3 Å². The fraction of sp³-hybridized carbons (Fsp3) is 0.462. The second-order valence-electron chi connectivity index (χ2n) is 4.56. The number of ether oxygens (including phenoxy) is 1. The molecule has 0 bridgehead atoms. The molecule has 0 aliphatic carbocycles. The van der Waals surface area contributed by atoms with Crippen LogP contribution >= 0.6 is 0 Å². The first kappa shape index (κ1) is 15.7. The molecule has 1 aromatic rings. The molecule has 0 aliphatic heterocycles. The van der Waals surface area contributed by atoms with E-state index in [9.17, 15) is 13.2 Å². The zero-order valence-electron chi connectivity index (χ0n) is 11.3. The highest BCUT2D eigenvalue weighted by atomic mass is 32.2. The quantitative estimate of drug-likeness (QED) is 0.793. The van der Waals surface area contributed by atoms with Crippen LogP contribution in [0.4, 0.5) is 0 Å². The van der Waals surface area contributed by atoms with Gasteiger partial charge in [0.15, 0.2) is 9.84 Å².